The number of anilines is 1. The number of aromatic carboxylic acids is 1. The standard InChI is InChI=1S/C12H11BrN2O4S2/c1-6-7(2)20-12(14-6)15-21(18,19)8-3-4-10(13)9(5-8)11(16)17/h3-5H,1-2H3,(H,14,15)(H,16,17). The van der Waals surface area contributed by atoms with Gasteiger partial charge in [-0.15, -0.1) is 11.3 Å². The van der Waals surface area contributed by atoms with Crippen LogP contribution in [-0.4, -0.2) is 24.5 Å². The van der Waals surface area contributed by atoms with Crippen molar-refractivity contribution in [2.24, 2.45) is 0 Å². The molecule has 0 aliphatic carbocycles. The minimum Gasteiger partial charge on any atom is -0.478 e. The molecular formula is C12H11BrN2O4S2. The number of thiazole rings is 1. The maximum absolute atomic E-state index is 12.3. The molecule has 0 unspecified atom stereocenters. The Kier molecular flexibility index (Phi) is 4.35. The SMILES string of the molecule is Cc1nc(NS(=O)(=O)c2ccc(Br)c(C(=O)O)c2)sc1C. The Balaban J connectivity index is 2.40. The van der Waals surface area contributed by atoms with Crippen LogP contribution >= 0.6 is 27.3 Å². The highest BCUT2D eigenvalue weighted by molar-refractivity contribution is 9.10. The van der Waals surface area contributed by atoms with Crippen molar-refractivity contribution in [3.8, 4) is 0 Å². The van der Waals surface area contributed by atoms with Crippen LogP contribution in [0.5, 0.6) is 0 Å². The zero-order chi connectivity index (χ0) is 15.8. The molecule has 2 aromatic rings. The zero-order valence-corrected chi connectivity index (χ0v) is 14.3. The Bertz CT molecular complexity index is 795. The largest absolute Gasteiger partial charge is 0.478 e. The van der Waals surface area contributed by atoms with E-state index < -0.39 is 16.0 Å². The second-order valence-electron chi connectivity index (χ2n) is 4.21. The molecule has 2 rings (SSSR count). The highest BCUT2D eigenvalue weighted by Gasteiger charge is 2.20. The van der Waals surface area contributed by atoms with Crippen molar-refractivity contribution in [3.05, 3.63) is 38.8 Å². The summed E-state index contributed by atoms with van der Waals surface area (Å²) in [6.45, 7) is 3.62. The van der Waals surface area contributed by atoms with Gasteiger partial charge >= 0.3 is 5.97 Å². The van der Waals surface area contributed by atoms with Crippen LogP contribution in [0.2, 0.25) is 0 Å². The number of rotatable bonds is 4. The number of carboxylic acids is 1. The van der Waals surface area contributed by atoms with E-state index in [2.05, 4.69) is 25.6 Å². The maximum Gasteiger partial charge on any atom is 0.336 e. The Morgan fingerprint density at radius 1 is 1.38 bits per heavy atom. The Hall–Kier alpha value is -1.45. The molecule has 21 heavy (non-hydrogen) atoms. The lowest BCUT2D eigenvalue weighted by Gasteiger charge is -2.07. The van der Waals surface area contributed by atoms with Crippen LogP contribution in [0.4, 0.5) is 5.13 Å². The second kappa shape index (κ2) is 5.74. The number of carboxylic acid groups (broad SMARTS) is 1. The summed E-state index contributed by atoms with van der Waals surface area (Å²) in [5.74, 6) is -1.21. The third kappa shape index (κ3) is 3.42. The summed E-state index contributed by atoms with van der Waals surface area (Å²) in [5.41, 5.74) is 0.629. The van der Waals surface area contributed by atoms with Crippen molar-refractivity contribution in [2.75, 3.05) is 4.72 Å². The average molecular weight is 391 g/mol. The van der Waals surface area contributed by atoms with Crippen LogP contribution in [0.15, 0.2) is 27.6 Å². The molecule has 9 heteroatoms. The van der Waals surface area contributed by atoms with Crippen molar-refractivity contribution >= 4 is 48.4 Å². The first-order chi connectivity index (χ1) is 9.70. The van der Waals surface area contributed by atoms with Gasteiger partial charge in [-0.25, -0.2) is 18.2 Å². The summed E-state index contributed by atoms with van der Waals surface area (Å²) in [7, 11) is -3.88. The summed E-state index contributed by atoms with van der Waals surface area (Å²) in [4.78, 5) is 15.9. The van der Waals surface area contributed by atoms with Crippen LogP contribution in [0.3, 0.4) is 0 Å². The molecule has 1 aromatic heterocycles. The molecule has 0 spiro atoms. The van der Waals surface area contributed by atoms with Gasteiger partial charge in [0.25, 0.3) is 10.0 Å². The summed E-state index contributed by atoms with van der Waals surface area (Å²) in [6, 6.07) is 3.81. The van der Waals surface area contributed by atoms with E-state index in [1.165, 1.54) is 23.5 Å². The number of nitrogens with one attached hydrogen (secondary N) is 1. The predicted octanol–water partition coefficient (Wildman–Crippen LogP) is 3.02. The molecule has 112 valence electrons. The topological polar surface area (TPSA) is 96.4 Å². The number of nitrogens with zero attached hydrogens (tertiary/aromatic N) is 1. The summed E-state index contributed by atoms with van der Waals surface area (Å²) >= 11 is 4.29. The Morgan fingerprint density at radius 2 is 2.05 bits per heavy atom. The number of hydrogen-bond acceptors (Lipinski definition) is 5. The molecule has 0 saturated carbocycles. The van der Waals surface area contributed by atoms with E-state index in [1.807, 2.05) is 6.92 Å². The van der Waals surface area contributed by atoms with Crippen LogP contribution in [0.25, 0.3) is 0 Å². The highest BCUT2D eigenvalue weighted by Crippen LogP contribution is 2.26. The third-order valence-corrected chi connectivity index (χ3v) is 5.87. The van der Waals surface area contributed by atoms with E-state index in [0.29, 0.717) is 4.47 Å². The van der Waals surface area contributed by atoms with E-state index in [1.54, 1.807) is 6.92 Å². The fraction of sp³-hybridized carbons (Fsp3) is 0.167. The fourth-order valence-corrected chi connectivity index (χ4v) is 4.02. The molecule has 0 aliphatic heterocycles. The highest BCUT2D eigenvalue weighted by atomic mass is 79.9. The molecule has 0 aliphatic rings. The summed E-state index contributed by atoms with van der Waals surface area (Å²) in [5, 5.41) is 9.28. The van der Waals surface area contributed by atoms with Crippen molar-refractivity contribution in [3.63, 3.8) is 0 Å². The van der Waals surface area contributed by atoms with Gasteiger partial charge in [-0.3, -0.25) is 4.72 Å². The first-order valence-electron chi connectivity index (χ1n) is 5.70. The van der Waals surface area contributed by atoms with E-state index in [0.717, 1.165) is 16.6 Å². The fourth-order valence-electron chi connectivity index (χ4n) is 1.53. The molecule has 1 heterocycles. The molecular weight excluding hydrogens is 380 g/mol. The second-order valence-corrected chi connectivity index (χ2v) is 7.95. The quantitative estimate of drug-likeness (QED) is 0.835. The van der Waals surface area contributed by atoms with E-state index >= 15 is 0 Å². The van der Waals surface area contributed by atoms with Gasteiger partial charge in [-0.1, -0.05) is 0 Å². The van der Waals surface area contributed by atoms with Gasteiger partial charge in [0.1, 0.15) is 0 Å². The molecule has 2 N–H and O–H groups in total. The van der Waals surface area contributed by atoms with Crippen LogP contribution in [-0.2, 0) is 10.0 Å². The zero-order valence-electron chi connectivity index (χ0n) is 11.0. The van der Waals surface area contributed by atoms with Crippen molar-refractivity contribution in [1.82, 2.24) is 4.98 Å². The number of aromatic nitrogens is 1. The van der Waals surface area contributed by atoms with Gasteiger partial charge in [0, 0.05) is 9.35 Å². The van der Waals surface area contributed by atoms with Gasteiger partial charge in [0.15, 0.2) is 5.13 Å². The third-order valence-electron chi connectivity index (χ3n) is 2.73. The number of halogens is 1. The monoisotopic (exact) mass is 390 g/mol. The molecule has 0 bridgehead atoms. The van der Waals surface area contributed by atoms with Crippen molar-refractivity contribution in [1.29, 1.82) is 0 Å². The van der Waals surface area contributed by atoms with Crippen LogP contribution < -0.4 is 4.72 Å². The average Bonchev–Trinajstić information content (AvgIpc) is 2.67. The van der Waals surface area contributed by atoms with Crippen molar-refractivity contribution < 1.29 is 18.3 Å². The summed E-state index contributed by atoms with van der Waals surface area (Å²) in [6.07, 6.45) is 0. The minimum atomic E-state index is -3.88. The molecule has 0 atom stereocenters. The van der Waals surface area contributed by atoms with Gasteiger partial charge in [0.2, 0.25) is 0 Å². The smallest absolute Gasteiger partial charge is 0.336 e. The Morgan fingerprint density at radius 3 is 2.57 bits per heavy atom. The predicted molar refractivity (Wildman–Crippen MR) is 83.5 cm³/mol. The Labute approximate surface area is 134 Å². The molecule has 0 saturated heterocycles. The lowest BCUT2D eigenvalue weighted by Crippen LogP contribution is -2.13. The van der Waals surface area contributed by atoms with E-state index in [4.69, 9.17) is 5.11 Å². The molecule has 0 radical (unpaired) electrons. The molecule has 0 fully saturated rings. The van der Waals surface area contributed by atoms with Gasteiger partial charge in [-0.05, 0) is 48.0 Å². The van der Waals surface area contributed by atoms with Gasteiger partial charge in [-0.2, -0.15) is 0 Å². The lowest BCUT2D eigenvalue weighted by molar-refractivity contribution is 0.0695. The molecule has 1 aromatic carbocycles. The van der Waals surface area contributed by atoms with Crippen molar-refractivity contribution in [2.45, 2.75) is 18.7 Å². The first-order valence-corrected chi connectivity index (χ1v) is 8.79. The number of sulfonamides is 1. The van der Waals surface area contributed by atoms with Gasteiger partial charge in [0.05, 0.1) is 16.2 Å². The number of carbonyl (C=O) groups is 1. The summed E-state index contributed by atoms with van der Waals surface area (Å²) < 4.78 is 27.2. The normalized spacial score (nSPS) is 11.4. The maximum atomic E-state index is 12.3. The van der Waals surface area contributed by atoms with E-state index in [9.17, 15) is 13.2 Å². The lowest BCUT2D eigenvalue weighted by atomic mass is 10.2. The van der Waals surface area contributed by atoms with Crippen LogP contribution in [0.1, 0.15) is 20.9 Å². The number of hydrogen-bond donors (Lipinski definition) is 2. The van der Waals surface area contributed by atoms with Crippen LogP contribution in [0, 0.1) is 13.8 Å². The number of benzene rings is 1. The minimum absolute atomic E-state index is 0.121. The number of aryl methyl sites for hydroxylation is 2. The van der Waals surface area contributed by atoms with E-state index in [-0.39, 0.29) is 15.6 Å². The van der Waals surface area contributed by atoms with Gasteiger partial charge < -0.3 is 5.11 Å². The first kappa shape index (κ1) is 15.9. The molecule has 6 nitrogen and oxygen atoms in total. The molecule has 0 amide bonds.